The fraction of sp³-hybridized carbons (Fsp3) is 0.476. The largest absolute Gasteiger partial charge is 0.393 e. The smallest absolute Gasteiger partial charge is 0.253 e. The van der Waals surface area contributed by atoms with Crippen molar-refractivity contribution in [2.45, 2.75) is 57.1 Å². The third-order valence-corrected chi connectivity index (χ3v) is 5.62. The van der Waals surface area contributed by atoms with Gasteiger partial charge in [0.1, 0.15) is 0 Å². The number of rotatable bonds is 5. The van der Waals surface area contributed by atoms with Crippen molar-refractivity contribution in [3.8, 4) is 0 Å². The Morgan fingerprint density at radius 3 is 2.85 bits per heavy atom. The van der Waals surface area contributed by atoms with Crippen LogP contribution in [0.3, 0.4) is 0 Å². The zero-order valence-corrected chi connectivity index (χ0v) is 14.9. The quantitative estimate of drug-likeness (QED) is 0.868. The molecule has 2 aromatic rings. The first-order valence-electron chi connectivity index (χ1n) is 9.55. The molecule has 2 heterocycles. The Morgan fingerprint density at radius 2 is 2.08 bits per heavy atom. The minimum atomic E-state index is -0.242. The fourth-order valence-corrected chi connectivity index (χ4v) is 4.00. The maximum atomic E-state index is 12.8. The van der Waals surface area contributed by atoms with Crippen LogP contribution in [0, 0.1) is 5.92 Å². The molecular formula is C21H25N3O2. The number of fused-ring (bicyclic) bond motifs is 1. The topological polar surface area (TPSA) is 75.1 Å². The van der Waals surface area contributed by atoms with Gasteiger partial charge in [-0.3, -0.25) is 14.8 Å². The molecule has 0 radical (unpaired) electrons. The number of hydrogen-bond donors (Lipinski definition) is 2. The molecule has 0 aliphatic heterocycles. The monoisotopic (exact) mass is 351 g/mol. The molecule has 0 spiro atoms. The Hall–Kier alpha value is -2.27. The lowest BCUT2D eigenvalue weighted by Crippen LogP contribution is -2.48. The van der Waals surface area contributed by atoms with Gasteiger partial charge in [0.05, 0.1) is 11.7 Å². The number of nitrogens with one attached hydrogen (secondary N) is 1. The molecule has 136 valence electrons. The molecule has 0 bridgehead atoms. The van der Waals surface area contributed by atoms with Crippen LogP contribution in [0.15, 0.2) is 36.7 Å². The number of aryl methyl sites for hydroxylation is 2. The summed E-state index contributed by atoms with van der Waals surface area (Å²) in [5, 5.41) is 12.9. The summed E-state index contributed by atoms with van der Waals surface area (Å²) in [6, 6.07) is 7.82. The van der Waals surface area contributed by atoms with E-state index in [1.807, 2.05) is 24.3 Å². The van der Waals surface area contributed by atoms with Gasteiger partial charge in [-0.2, -0.15) is 0 Å². The normalized spacial score (nSPS) is 22.8. The molecule has 1 amide bonds. The molecule has 1 saturated carbocycles. The van der Waals surface area contributed by atoms with E-state index in [1.165, 1.54) is 18.4 Å². The van der Waals surface area contributed by atoms with Crippen molar-refractivity contribution in [2.75, 3.05) is 0 Å². The summed E-state index contributed by atoms with van der Waals surface area (Å²) >= 11 is 0. The Labute approximate surface area is 153 Å². The highest BCUT2D eigenvalue weighted by Gasteiger charge is 2.35. The van der Waals surface area contributed by atoms with Crippen LogP contribution in [0.4, 0.5) is 0 Å². The van der Waals surface area contributed by atoms with Gasteiger partial charge in [-0.15, -0.1) is 0 Å². The van der Waals surface area contributed by atoms with Gasteiger partial charge in [-0.1, -0.05) is 6.07 Å². The lowest BCUT2D eigenvalue weighted by Gasteiger charge is -2.38. The highest BCUT2D eigenvalue weighted by Crippen LogP contribution is 2.31. The molecule has 2 aromatic heterocycles. The van der Waals surface area contributed by atoms with Gasteiger partial charge in [-0.05, 0) is 68.2 Å². The van der Waals surface area contributed by atoms with Crippen LogP contribution < -0.4 is 5.32 Å². The fourth-order valence-electron chi connectivity index (χ4n) is 4.00. The van der Waals surface area contributed by atoms with Crippen molar-refractivity contribution in [3.63, 3.8) is 0 Å². The number of aliphatic hydroxyl groups excluding tert-OH is 1. The number of hydrogen-bond acceptors (Lipinski definition) is 4. The number of carbonyl (C=O) groups is 1. The Bertz CT molecular complexity index is 772. The Morgan fingerprint density at radius 1 is 1.23 bits per heavy atom. The second-order valence-electron chi connectivity index (χ2n) is 7.53. The number of aromatic nitrogens is 2. The Balaban J connectivity index is 1.48. The number of amides is 1. The molecule has 5 nitrogen and oxygen atoms in total. The molecule has 4 rings (SSSR count). The van der Waals surface area contributed by atoms with Gasteiger partial charge in [0.2, 0.25) is 0 Å². The first-order valence-corrected chi connectivity index (χ1v) is 9.55. The maximum Gasteiger partial charge on any atom is 0.253 e. The van der Waals surface area contributed by atoms with Crippen LogP contribution in [-0.2, 0) is 19.3 Å². The van der Waals surface area contributed by atoms with Crippen molar-refractivity contribution < 1.29 is 9.90 Å². The summed E-state index contributed by atoms with van der Waals surface area (Å²) in [6.45, 7) is 0. The summed E-state index contributed by atoms with van der Waals surface area (Å²) in [5.74, 6) is 0.217. The second kappa shape index (κ2) is 7.54. The second-order valence-corrected chi connectivity index (χ2v) is 7.53. The van der Waals surface area contributed by atoms with E-state index in [4.69, 9.17) is 0 Å². The van der Waals surface area contributed by atoms with Gasteiger partial charge < -0.3 is 10.4 Å². The van der Waals surface area contributed by atoms with E-state index in [-0.39, 0.29) is 18.1 Å². The predicted octanol–water partition coefficient (Wildman–Crippen LogP) is 2.47. The molecule has 2 aliphatic rings. The van der Waals surface area contributed by atoms with E-state index < -0.39 is 0 Å². The molecule has 2 N–H and O–H groups in total. The zero-order chi connectivity index (χ0) is 17.9. The molecule has 0 saturated heterocycles. The molecule has 0 aromatic carbocycles. The van der Waals surface area contributed by atoms with Crippen LogP contribution in [-0.4, -0.2) is 33.1 Å². The highest BCUT2D eigenvalue weighted by molar-refractivity contribution is 5.94. The molecule has 26 heavy (non-hydrogen) atoms. The van der Waals surface area contributed by atoms with E-state index in [9.17, 15) is 9.90 Å². The molecular weight excluding hydrogens is 326 g/mol. The van der Waals surface area contributed by atoms with E-state index in [0.717, 1.165) is 37.1 Å². The maximum absolute atomic E-state index is 12.8. The first-order chi connectivity index (χ1) is 12.7. The third-order valence-electron chi connectivity index (χ3n) is 5.62. The van der Waals surface area contributed by atoms with E-state index >= 15 is 0 Å². The minimum Gasteiger partial charge on any atom is -0.393 e. The first kappa shape index (κ1) is 17.2. The van der Waals surface area contributed by atoms with Crippen molar-refractivity contribution >= 4 is 5.91 Å². The zero-order valence-electron chi connectivity index (χ0n) is 14.9. The average molecular weight is 351 g/mol. The van der Waals surface area contributed by atoms with Gasteiger partial charge >= 0.3 is 0 Å². The average Bonchev–Trinajstić information content (AvgIpc) is 2.65. The van der Waals surface area contributed by atoms with E-state index in [1.54, 1.807) is 12.4 Å². The summed E-state index contributed by atoms with van der Waals surface area (Å²) in [5.41, 5.74) is 3.95. The standard InChI is InChI=1S/C21H25N3O2/c25-18-10-15(11-18)20(12-17-6-3-4-8-22-17)24-21(26)16-9-14-5-1-2-7-19(14)23-13-16/h3-4,6,8-9,13,15,18,20,25H,1-2,5,7,10-12H2,(H,24,26)/t15?,18?,20-/m1/s1. The van der Waals surface area contributed by atoms with Crippen LogP contribution in [0.2, 0.25) is 0 Å². The lowest BCUT2D eigenvalue weighted by atomic mass is 9.76. The SMILES string of the molecule is O=C(N[C@H](Cc1ccccn1)C1CC(O)C1)c1cnc2c(c1)CCCC2. The summed E-state index contributed by atoms with van der Waals surface area (Å²) < 4.78 is 0. The number of carbonyl (C=O) groups excluding carboxylic acids is 1. The highest BCUT2D eigenvalue weighted by atomic mass is 16.3. The van der Waals surface area contributed by atoms with Gasteiger partial charge in [0, 0.05) is 36.2 Å². The number of pyridine rings is 2. The van der Waals surface area contributed by atoms with Crippen LogP contribution in [0.5, 0.6) is 0 Å². The van der Waals surface area contributed by atoms with Crippen molar-refractivity contribution in [1.29, 1.82) is 0 Å². The van der Waals surface area contributed by atoms with Crippen molar-refractivity contribution in [3.05, 3.63) is 59.2 Å². The molecule has 0 unspecified atom stereocenters. The van der Waals surface area contributed by atoms with Gasteiger partial charge in [0.25, 0.3) is 5.91 Å². The number of aliphatic hydroxyl groups is 1. The van der Waals surface area contributed by atoms with Crippen molar-refractivity contribution in [1.82, 2.24) is 15.3 Å². The summed E-state index contributed by atoms with van der Waals surface area (Å²) in [6.07, 6.45) is 9.76. The Kier molecular flexibility index (Phi) is 4.98. The van der Waals surface area contributed by atoms with Crippen molar-refractivity contribution in [2.24, 2.45) is 5.92 Å². The lowest BCUT2D eigenvalue weighted by molar-refractivity contribution is 0.0237. The van der Waals surface area contributed by atoms with Crippen LogP contribution in [0.1, 0.15) is 53.0 Å². The van der Waals surface area contributed by atoms with Gasteiger partial charge in [0.15, 0.2) is 0 Å². The third kappa shape index (κ3) is 3.78. The molecule has 1 fully saturated rings. The molecule has 5 heteroatoms. The van der Waals surface area contributed by atoms with Crippen LogP contribution >= 0.6 is 0 Å². The number of nitrogens with zero attached hydrogens (tertiary/aromatic N) is 2. The molecule has 1 atom stereocenters. The van der Waals surface area contributed by atoms with E-state index in [2.05, 4.69) is 15.3 Å². The van der Waals surface area contributed by atoms with Gasteiger partial charge in [-0.25, -0.2) is 0 Å². The van der Waals surface area contributed by atoms with E-state index in [0.29, 0.717) is 17.9 Å². The summed E-state index contributed by atoms with van der Waals surface area (Å²) in [7, 11) is 0. The summed E-state index contributed by atoms with van der Waals surface area (Å²) in [4.78, 5) is 21.7. The predicted molar refractivity (Wildman–Crippen MR) is 98.8 cm³/mol. The molecule has 2 aliphatic carbocycles. The minimum absolute atomic E-state index is 0.0168. The van der Waals surface area contributed by atoms with Crippen LogP contribution in [0.25, 0.3) is 0 Å².